The number of benzene rings is 1. The minimum absolute atomic E-state index is 0.00880. The summed E-state index contributed by atoms with van der Waals surface area (Å²) in [6.45, 7) is 3.80. The normalized spacial score (nSPS) is 20.2. The molecule has 0 aromatic heterocycles. The van der Waals surface area contributed by atoms with E-state index >= 15 is 0 Å². The Morgan fingerprint density at radius 3 is 2.85 bits per heavy atom. The van der Waals surface area contributed by atoms with Crippen molar-refractivity contribution in [3.8, 4) is 6.07 Å². The Kier molecular flexibility index (Phi) is 5.17. The molecular formula is C17H22N2O. The maximum atomic E-state index is 12.5. The Labute approximate surface area is 121 Å². The Hall–Kier alpha value is -1.82. The largest absolute Gasteiger partial charge is 0.341 e. The fourth-order valence-corrected chi connectivity index (χ4v) is 2.86. The molecule has 20 heavy (non-hydrogen) atoms. The Morgan fingerprint density at radius 1 is 1.45 bits per heavy atom. The van der Waals surface area contributed by atoms with Crippen LogP contribution in [0, 0.1) is 23.2 Å². The van der Waals surface area contributed by atoms with Gasteiger partial charge in [-0.3, -0.25) is 4.79 Å². The molecule has 3 heteroatoms. The molecule has 106 valence electrons. The van der Waals surface area contributed by atoms with Crippen molar-refractivity contribution in [2.45, 2.75) is 32.6 Å². The van der Waals surface area contributed by atoms with E-state index in [4.69, 9.17) is 0 Å². The van der Waals surface area contributed by atoms with Gasteiger partial charge in [-0.1, -0.05) is 43.7 Å². The lowest BCUT2D eigenvalue weighted by molar-refractivity contribution is -0.135. The number of nitriles is 1. The summed E-state index contributed by atoms with van der Waals surface area (Å²) in [4.78, 5) is 14.4. The summed E-state index contributed by atoms with van der Waals surface area (Å²) in [7, 11) is 0. The third-order valence-electron chi connectivity index (χ3n) is 4.14. The van der Waals surface area contributed by atoms with Gasteiger partial charge in [-0.2, -0.15) is 5.26 Å². The number of amides is 1. The van der Waals surface area contributed by atoms with Crippen molar-refractivity contribution < 1.29 is 4.79 Å². The molecule has 1 heterocycles. The van der Waals surface area contributed by atoms with Crippen molar-refractivity contribution in [2.75, 3.05) is 13.1 Å². The minimum Gasteiger partial charge on any atom is -0.341 e. The van der Waals surface area contributed by atoms with Gasteiger partial charge < -0.3 is 4.90 Å². The van der Waals surface area contributed by atoms with E-state index < -0.39 is 5.92 Å². The van der Waals surface area contributed by atoms with Gasteiger partial charge >= 0.3 is 0 Å². The SMILES string of the molecule is CCC1CCCN(C(=O)C(C#N)Cc2ccccc2)C1. The number of carbonyl (C=O) groups excluding carboxylic acids is 1. The first kappa shape index (κ1) is 14.6. The topological polar surface area (TPSA) is 44.1 Å². The number of carbonyl (C=O) groups is 1. The van der Waals surface area contributed by atoms with Crippen molar-refractivity contribution in [2.24, 2.45) is 11.8 Å². The summed E-state index contributed by atoms with van der Waals surface area (Å²) < 4.78 is 0. The summed E-state index contributed by atoms with van der Waals surface area (Å²) in [6.07, 6.45) is 3.90. The molecule has 1 fully saturated rings. The summed E-state index contributed by atoms with van der Waals surface area (Å²) in [5.41, 5.74) is 1.05. The summed E-state index contributed by atoms with van der Waals surface area (Å²) in [6, 6.07) is 12.0. The van der Waals surface area contributed by atoms with Gasteiger partial charge in [0.05, 0.1) is 6.07 Å². The fourth-order valence-electron chi connectivity index (χ4n) is 2.86. The molecule has 0 aliphatic carbocycles. The third kappa shape index (κ3) is 3.60. The molecule has 2 unspecified atom stereocenters. The standard InChI is InChI=1S/C17H22N2O/c1-2-14-9-6-10-19(13-14)17(20)16(12-18)11-15-7-4-3-5-8-15/h3-5,7-8,14,16H,2,6,9-11,13H2,1H3. The number of hydrogen-bond donors (Lipinski definition) is 0. The molecule has 0 saturated carbocycles. The predicted octanol–water partition coefficient (Wildman–Crippen LogP) is 3.02. The quantitative estimate of drug-likeness (QED) is 0.844. The van der Waals surface area contributed by atoms with Crippen LogP contribution < -0.4 is 0 Å². The Balaban J connectivity index is 2.00. The molecule has 1 amide bonds. The van der Waals surface area contributed by atoms with Crippen LogP contribution in [-0.2, 0) is 11.2 Å². The average Bonchev–Trinajstić information content (AvgIpc) is 2.53. The zero-order valence-electron chi connectivity index (χ0n) is 12.1. The van der Waals surface area contributed by atoms with Crippen LogP contribution in [0.15, 0.2) is 30.3 Å². The van der Waals surface area contributed by atoms with Crippen LogP contribution >= 0.6 is 0 Å². The second-order valence-corrected chi connectivity index (χ2v) is 5.57. The summed E-state index contributed by atoms with van der Waals surface area (Å²) in [5, 5.41) is 9.31. The van der Waals surface area contributed by atoms with E-state index in [1.807, 2.05) is 35.2 Å². The van der Waals surface area contributed by atoms with Crippen molar-refractivity contribution in [3.63, 3.8) is 0 Å². The number of nitrogens with zero attached hydrogens (tertiary/aromatic N) is 2. The highest BCUT2D eigenvalue weighted by Gasteiger charge is 2.28. The zero-order valence-corrected chi connectivity index (χ0v) is 12.1. The summed E-state index contributed by atoms with van der Waals surface area (Å²) in [5.74, 6) is 0.0614. The number of likely N-dealkylation sites (tertiary alicyclic amines) is 1. The van der Waals surface area contributed by atoms with Gasteiger partial charge in [0.15, 0.2) is 0 Å². The average molecular weight is 270 g/mol. The molecule has 0 spiro atoms. The molecule has 0 N–H and O–H groups in total. The first-order chi connectivity index (χ1) is 9.74. The number of rotatable bonds is 4. The minimum atomic E-state index is -0.548. The highest BCUT2D eigenvalue weighted by molar-refractivity contribution is 5.81. The second-order valence-electron chi connectivity index (χ2n) is 5.57. The van der Waals surface area contributed by atoms with Gasteiger partial charge in [0.25, 0.3) is 0 Å². The van der Waals surface area contributed by atoms with Gasteiger partial charge in [0, 0.05) is 13.1 Å². The van der Waals surface area contributed by atoms with Crippen molar-refractivity contribution in [3.05, 3.63) is 35.9 Å². The first-order valence-electron chi connectivity index (χ1n) is 7.47. The first-order valence-corrected chi connectivity index (χ1v) is 7.47. The van der Waals surface area contributed by atoms with E-state index in [1.54, 1.807) is 0 Å². The summed E-state index contributed by atoms with van der Waals surface area (Å²) >= 11 is 0. The highest BCUT2D eigenvalue weighted by atomic mass is 16.2. The number of hydrogen-bond acceptors (Lipinski definition) is 2. The maximum absolute atomic E-state index is 12.5. The van der Waals surface area contributed by atoms with E-state index in [0.29, 0.717) is 12.3 Å². The Morgan fingerprint density at radius 2 is 2.20 bits per heavy atom. The lowest BCUT2D eigenvalue weighted by atomic mass is 9.93. The molecular weight excluding hydrogens is 248 g/mol. The fraction of sp³-hybridized carbons (Fsp3) is 0.529. The number of piperidine rings is 1. The molecule has 1 aliphatic rings. The van der Waals surface area contributed by atoms with Gasteiger partial charge in [0.1, 0.15) is 5.92 Å². The lowest BCUT2D eigenvalue weighted by Crippen LogP contribution is -2.43. The predicted molar refractivity (Wildman–Crippen MR) is 78.8 cm³/mol. The van der Waals surface area contributed by atoms with Crippen LogP contribution in [0.3, 0.4) is 0 Å². The molecule has 1 aromatic rings. The lowest BCUT2D eigenvalue weighted by Gasteiger charge is -2.33. The van der Waals surface area contributed by atoms with Gasteiger partial charge in [-0.15, -0.1) is 0 Å². The third-order valence-corrected chi connectivity index (χ3v) is 4.14. The molecule has 2 rings (SSSR count). The molecule has 1 saturated heterocycles. The van der Waals surface area contributed by atoms with E-state index in [2.05, 4.69) is 13.0 Å². The monoisotopic (exact) mass is 270 g/mol. The highest BCUT2D eigenvalue weighted by Crippen LogP contribution is 2.21. The molecule has 1 aliphatic heterocycles. The van der Waals surface area contributed by atoms with Crippen LogP contribution in [0.4, 0.5) is 0 Å². The maximum Gasteiger partial charge on any atom is 0.240 e. The molecule has 0 radical (unpaired) electrons. The van der Waals surface area contributed by atoms with Crippen LogP contribution in [0.2, 0.25) is 0 Å². The Bertz CT molecular complexity index is 478. The van der Waals surface area contributed by atoms with E-state index in [9.17, 15) is 10.1 Å². The molecule has 2 atom stereocenters. The molecule has 3 nitrogen and oxygen atoms in total. The van der Waals surface area contributed by atoms with Crippen molar-refractivity contribution >= 4 is 5.91 Å². The van der Waals surface area contributed by atoms with Gasteiger partial charge in [0.2, 0.25) is 5.91 Å². The smallest absolute Gasteiger partial charge is 0.240 e. The molecule has 1 aromatic carbocycles. The van der Waals surface area contributed by atoms with E-state index in [0.717, 1.165) is 31.5 Å². The van der Waals surface area contributed by atoms with E-state index in [-0.39, 0.29) is 5.91 Å². The molecule has 0 bridgehead atoms. The van der Waals surface area contributed by atoms with Crippen LogP contribution in [-0.4, -0.2) is 23.9 Å². The van der Waals surface area contributed by atoms with Crippen LogP contribution in [0.25, 0.3) is 0 Å². The van der Waals surface area contributed by atoms with Crippen LogP contribution in [0.5, 0.6) is 0 Å². The zero-order chi connectivity index (χ0) is 14.4. The second kappa shape index (κ2) is 7.09. The van der Waals surface area contributed by atoms with E-state index in [1.165, 1.54) is 6.42 Å². The van der Waals surface area contributed by atoms with Crippen LogP contribution in [0.1, 0.15) is 31.7 Å². The van der Waals surface area contributed by atoms with Crippen molar-refractivity contribution in [1.29, 1.82) is 5.26 Å². The van der Waals surface area contributed by atoms with Crippen molar-refractivity contribution in [1.82, 2.24) is 4.90 Å². The van der Waals surface area contributed by atoms with Gasteiger partial charge in [-0.25, -0.2) is 0 Å². The van der Waals surface area contributed by atoms with Gasteiger partial charge in [-0.05, 0) is 30.7 Å².